The van der Waals surface area contributed by atoms with Gasteiger partial charge in [0.1, 0.15) is 6.67 Å². The number of unbranched alkanes of at least 4 members (excludes halogenated alkanes) is 5. The molecule has 1 aliphatic heterocycles. The van der Waals surface area contributed by atoms with Crippen molar-refractivity contribution >= 4 is 18.2 Å². The van der Waals surface area contributed by atoms with Gasteiger partial charge in [0.2, 0.25) is 0 Å². The Hall–Kier alpha value is -0.440. The third kappa shape index (κ3) is 6.61. The van der Waals surface area contributed by atoms with Gasteiger partial charge in [-0.05, 0) is 24.4 Å². The lowest BCUT2D eigenvalue weighted by Crippen LogP contribution is -2.11. The zero-order chi connectivity index (χ0) is 10.8. The number of hydrogen-bond donors (Lipinski definition) is 0. The molecule has 0 aliphatic carbocycles. The van der Waals surface area contributed by atoms with E-state index in [4.69, 9.17) is 0 Å². The first-order valence-corrected chi connectivity index (χ1v) is 6.94. The second-order valence-corrected chi connectivity index (χ2v) is 4.97. The molecule has 0 fully saturated rings. The van der Waals surface area contributed by atoms with Crippen molar-refractivity contribution in [2.24, 2.45) is 4.99 Å². The van der Waals surface area contributed by atoms with Gasteiger partial charge in [-0.2, -0.15) is 0 Å². The highest BCUT2D eigenvalue weighted by molar-refractivity contribution is 7.97. The van der Waals surface area contributed by atoms with Gasteiger partial charge in [-0.25, -0.2) is 0 Å². The minimum atomic E-state index is 0.816. The summed E-state index contributed by atoms with van der Waals surface area (Å²) < 4.78 is 2.20. The highest BCUT2D eigenvalue weighted by Gasteiger charge is 2.00. The van der Waals surface area contributed by atoms with E-state index in [0.29, 0.717) is 0 Å². The van der Waals surface area contributed by atoms with Gasteiger partial charge in [0.15, 0.2) is 0 Å². The largest absolute Gasteiger partial charge is 0.302 e. The zero-order valence-electron chi connectivity index (χ0n) is 9.69. The van der Waals surface area contributed by atoms with Gasteiger partial charge in [-0.1, -0.05) is 39.0 Å². The minimum absolute atomic E-state index is 0.816. The summed E-state index contributed by atoms with van der Waals surface area (Å²) in [6.07, 6.45) is 14.2. The van der Waals surface area contributed by atoms with Gasteiger partial charge in [0.05, 0.1) is 0 Å². The van der Waals surface area contributed by atoms with Crippen molar-refractivity contribution in [1.29, 1.82) is 0 Å². The molecule has 0 aromatic carbocycles. The first-order valence-electron chi connectivity index (χ1n) is 5.99. The maximum absolute atomic E-state index is 4.19. The molecule has 0 aromatic heterocycles. The molecule has 0 spiro atoms. The van der Waals surface area contributed by atoms with E-state index in [1.54, 1.807) is 0 Å². The van der Waals surface area contributed by atoms with Crippen molar-refractivity contribution in [3.05, 3.63) is 12.3 Å². The summed E-state index contributed by atoms with van der Waals surface area (Å²) in [4.78, 5) is 4.19. The van der Waals surface area contributed by atoms with E-state index in [2.05, 4.69) is 22.4 Å². The molecular weight excluding hydrogens is 204 g/mol. The fraction of sp³-hybridized carbons (Fsp3) is 0.750. The molecule has 0 saturated carbocycles. The summed E-state index contributed by atoms with van der Waals surface area (Å²) in [6, 6.07) is 0. The molecule has 0 bridgehead atoms. The SMILES string of the molecule is CCCCCCCCSN1C=CC=NC1. The van der Waals surface area contributed by atoms with Crippen LogP contribution in [-0.2, 0) is 0 Å². The first-order chi connectivity index (χ1) is 7.43. The maximum atomic E-state index is 4.19. The summed E-state index contributed by atoms with van der Waals surface area (Å²) in [5, 5.41) is 0. The average molecular weight is 226 g/mol. The highest BCUT2D eigenvalue weighted by Crippen LogP contribution is 2.15. The number of aliphatic imine (C=N–C) groups is 1. The van der Waals surface area contributed by atoms with Crippen LogP contribution in [0.5, 0.6) is 0 Å². The predicted molar refractivity (Wildman–Crippen MR) is 70.2 cm³/mol. The molecule has 2 nitrogen and oxygen atoms in total. The van der Waals surface area contributed by atoms with E-state index in [0.717, 1.165) is 6.67 Å². The number of nitrogens with zero attached hydrogens (tertiary/aromatic N) is 2. The molecule has 0 saturated heterocycles. The molecule has 0 radical (unpaired) electrons. The number of hydrogen-bond acceptors (Lipinski definition) is 3. The Morgan fingerprint density at radius 1 is 1.20 bits per heavy atom. The van der Waals surface area contributed by atoms with Crippen molar-refractivity contribution in [3.63, 3.8) is 0 Å². The molecule has 3 heteroatoms. The molecular formula is C12H22N2S. The molecule has 0 atom stereocenters. The van der Waals surface area contributed by atoms with Crippen LogP contribution in [0, 0.1) is 0 Å². The van der Waals surface area contributed by atoms with Crippen molar-refractivity contribution in [3.8, 4) is 0 Å². The maximum Gasteiger partial charge on any atom is 0.119 e. The third-order valence-corrected chi connectivity index (χ3v) is 3.46. The van der Waals surface area contributed by atoms with Crippen LogP contribution in [-0.4, -0.2) is 22.9 Å². The lowest BCUT2D eigenvalue weighted by Gasteiger charge is -2.17. The van der Waals surface area contributed by atoms with Crippen molar-refractivity contribution in [2.45, 2.75) is 45.4 Å². The van der Waals surface area contributed by atoms with E-state index in [9.17, 15) is 0 Å². The van der Waals surface area contributed by atoms with E-state index in [1.807, 2.05) is 24.2 Å². The van der Waals surface area contributed by atoms with Crippen LogP contribution >= 0.6 is 11.9 Å². The Bertz CT molecular complexity index is 202. The molecule has 1 aliphatic rings. The van der Waals surface area contributed by atoms with Crippen molar-refractivity contribution in [1.82, 2.24) is 4.31 Å². The summed E-state index contributed by atoms with van der Waals surface area (Å²) in [7, 11) is 0. The van der Waals surface area contributed by atoms with Gasteiger partial charge >= 0.3 is 0 Å². The van der Waals surface area contributed by atoms with Gasteiger partial charge < -0.3 is 4.31 Å². The quantitative estimate of drug-likeness (QED) is 0.461. The van der Waals surface area contributed by atoms with Crippen LogP contribution in [0.2, 0.25) is 0 Å². The smallest absolute Gasteiger partial charge is 0.119 e. The first kappa shape index (κ1) is 12.6. The van der Waals surface area contributed by atoms with E-state index >= 15 is 0 Å². The topological polar surface area (TPSA) is 15.6 Å². The molecule has 0 aromatic rings. The fourth-order valence-corrected chi connectivity index (χ4v) is 2.39. The van der Waals surface area contributed by atoms with Crippen LogP contribution in [0.3, 0.4) is 0 Å². The van der Waals surface area contributed by atoms with Crippen LogP contribution in [0.4, 0.5) is 0 Å². The van der Waals surface area contributed by atoms with Crippen LogP contribution in [0.1, 0.15) is 45.4 Å². The Balaban J connectivity index is 1.84. The lowest BCUT2D eigenvalue weighted by molar-refractivity contribution is 0.615. The highest BCUT2D eigenvalue weighted by atomic mass is 32.2. The van der Waals surface area contributed by atoms with Gasteiger partial charge in [-0.15, -0.1) is 0 Å². The lowest BCUT2D eigenvalue weighted by atomic mass is 10.1. The third-order valence-electron chi connectivity index (χ3n) is 2.42. The molecule has 86 valence electrons. The van der Waals surface area contributed by atoms with Gasteiger partial charge in [0.25, 0.3) is 0 Å². The van der Waals surface area contributed by atoms with Gasteiger partial charge in [0, 0.05) is 18.2 Å². The van der Waals surface area contributed by atoms with Crippen molar-refractivity contribution in [2.75, 3.05) is 12.4 Å². The predicted octanol–water partition coefficient (Wildman–Crippen LogP) is 3.85. The Labute approximate surface area is 98.0 Å². The minimum Gasteiger partial charge on any atom is -0.302 e. The molecule has 0 amide bonds. The van der Waals surface area contributed by atoms with E-state index < -0.39 is 0 Å². The molecule has 0 unspecified atom stereocenters. The van der Waals surface area contributed by atoms with E-state index in [1.165, 1.54) is 44.3 Å². The Kier molecular flexibility index (Phi) is 7.44. The number of allylic oxidation sites excluding steroid dienone is 1. The second kappa shape index (κ2) is 8.84. The van der Waals surface area contributed by atoms with Gasteiger partial charge in [-0.3, -0.25) is 4.99 Å². The summed E-state index contributed by atoms with van der Waals surface area (Å²) in [6.45, 7) is 3.08. The standard InChI is InChI=1S/C12H22N2S/c1-2-3-4-5-6-7-11-15-14-10-8-9-13-12-14/h8-10H,2-7,11-12H2,1H3. The summed E-state index contributed by atoms with van der Waals surface area (Å²) in [5.41, 5.74) is 0. The summed E-state index contributed by atoms with van der Waals surface area (Å²) in [5.74, 6) is 1.23. The molecule has 1 heterocycles. The van der Waals surface area contributed by atoms with Crippen LogP contribution in [0.25, 0.3) is 0 Å². The van der Waals surface area contributed by atoms with Crippen molar-refractivity contribution < 1.29 is 0 Å². The molecule has 15 heavy (non-hydrogen) atoms. The van der Waals surface area contributed by atoms with Crippen LogP contribution in [0.15, 0.2) is 17.3 Å². The Morgan fingerprint density at radius 3 is 2.73 bits per heavy atom. The monoisotopic (exact) mass is 226 g/mol. The molecule has 1 rings (SSSR count). The molecule has 0 N–H and O–H groups in total. The van der Waals surface area contributed by atoms with Crippen LogP contribution < -0.4 is 0 Å². The average Bonchev–Trinajstić information content (AvgIpc) is 2.29. The van der Waals surface area contributed by atoms with E-state index in [-0.39, 0.29) is 0 Å². The zero-order valence-corrected chi connectivity index (χ0v) is 10.5. The normalized spacial score (nSPS) is 14.9. The second-order valence-electron chi connectivity index (χ2n) is 3.83. The summed E-state index contributed by atoms with van der Waals surface area (Å²) >= 11 is 1.89. The number of rotatable bonds is 8. The fourth-order valence-electron chi connectivity index (χ4n) is 1.52. The Morgan fingerprint density at radius 2 is 2.00 bits per heavy atom.